The highest BCUT2D eigenvalue weighted by atomic mass is 19.1. The number of benzene rings is 1. The summed E-state index contributed by atoms with van der Waals surface area (Å²) in [5.74, 6) is -0.0204. The topological polar surface area (TPSA) is 58.3 Å². The van der Waals surface area contributed by atoms with Crippen LogP contribution in [0.5, 0.6) is 0 Å². The van der Waals surface area contributed by atoms with Crippen LogP contribution in [0.15, 0.2) is 10.6 Å². The number of nitrogens with one attached hydrogen (secondary N) is 1. The van der Waals surface area contributed by atoms with Crippen LogP contribution in [0.4, 0.5) is 10.1 Å². The van der Waals surface area contributed by atoms with Gasteiger partial charge in [0.15, 0.2) is 0 Å². The zero-order chi connectivity index (χ0) is 17.1. The number of aliphatic hydroxyl groups excluding tert-OH is 1. The number of hydrogen-bond acceptors (Lipinski definition) is 4. The van der Waals surface area contributed by atoms with Crippen LogP contribution in [0.25, 0.3) is 11.1 Å². The number of aromatic nitrogens is 1. The van der Waals surface area contributed by atoms with Gasteiger partial charge in [0.25, 0.3) is 0 Å². The molecule has 1 aliphatic heterocycles. The molecule has 0 fully saturated rings. The number of hydrogen-bond donors (Lipinski definition) is 2. The Morgan fingerprint density at radius 1 is 1.30 bits per heavy atom. The van der Waals surface area contributed by atoms with Crippen molar-refractivity contribution < 1.29 is 14.0 Å². The molecule has 2 N–H and O–H groups in total. The molecule has 3 rings (SSSR count). The second kappa shape index (κ2) is 5.06. The van der Waals surface area contributed by atoms with Crippen molar-refractivity contribution in [2.24, 2.45) is 0 Å². The smallest absolute Gasteiger partial charge is 0.141 e. The van der Waals surface area contributed by atoms with Gasteiger partial charge in [-0.2, -0.15) is 0 Å². The van der Waals surface area contributed by atoms with Gasteiger partial charge in [-0.05, 0) is 46.2 Å². The van der Waals surface area contributed by atoms with Crippen molar-refractivity contribution in [3.8, 4) is 11.1 Å². The Balaban J connectivity index is 2.28. The fourth-order valence-electron chi connectivity index (χ4n) is 3.64. The molecule has 0 aliphatic carbocycles. The summed E-state index contributed by atoms with van der Waals surface area (Å²) in [5, 5.41) is 17.8. The number of halogens is 1. The van der Waals surface area contributed by atoms with E-state index in [4.69, 9.17) is 4.52 Å². The van der Waals surface area contributed by atoms with Gasteiger partial charge in [-0.3, -0.25) is 0 Å². The molecule has 0 bridgehead atoms. The first-order valence-corrected chi connectivity index (χ1v) is 7.87. The third kappa shape index (κ3) is 2.26. The highest BCUT2D eigenvalue weighted by Gasteiger charge is 2.41. The lowest BCUT2D eigenvalue weighted by molar-refractivity contribution is 0.0855. The molecule has 0 saturated heterocycles. The predicted molar refractivity (Wildman–Crippen MR) is 88.2 cm³/mol. The van der Waals surface area contributed by atoms with E-state index in [1.54, 1.807) is 13.8 Å². The van der Waals surface area contributed by atoms with Gasteiger partial charge in [-0.25, -0.2) is 4.39 Å². The molecular formula is C18H23FN2O2. The van der Waals surface area contributed by atoms with Crippen molar-refractivity contribution in [3.63, 3.8) is 0 Å². The predicted octanol–water partition coefficient (Wildman–Crippen LogP) is 4.07. The highest BCUT2D eigenvalue weighted by molar-refractivity contribution is 5.76. The van der Waals surface area contributed by atoms with E-state index in [1.807, 2.05) is 33.8 Å². The second-order valence-corrected chi connectivity index (χ2v) is 7.12. The fourth-order valence-corrected chi connectivity index (χ4v) is 3.64. The summed E-state index contributed by atoms with van der Waals surface area (Å²) in [5.41, 5.74) is 3.60. The summed E-state index contributed by atoms with van der Waals surface area (Å²) < 4.78 is 20.5. The molecule has 1 aromatic carbocycles. The van der Waals surface area contributed by atoms with Crippen molar-refractivity contribution in [2.75, 3.05) is 5.32 Å². The Kier molecular flexibility index (Phi) is 3.52. The first-order chi connectivity index (χ1) is 10.6. The zero-order valence-corrected chi connectivity index (χ0v) is 14.4. The average molecular weight is 318 g/mol. The minimum Gasteiger partial charge on any atom is -0.390 e. The van der Waals surface area contributed by atoms with Gasteiger partial charge >= 0.3 is 0 Å². The maximum atomic E-state index is 15.3. The number of aliphatic hydroxyl groups is 1. The van der Waals surface area contributed by atoms with E-state index in [2.05, 4.69) is 10.5 Å². The molecular weight excluding hydrogens is 295 g/mol. The Morgan fingerprint density at radius 3 is 2.52 bits per heavy atom. The highest BCUT2D eigenvalue weighted by Crippen LogP contribution is 2.45. The summed E-state index contributed by atoms with van der Waals surface area (Å²) in [7, 11) is 0. The van der Waals surface area contributed by atoms with E-state index in [1.165, 1.54) is 0 Å². The van der Waals surface area contributed by atoms with Gasteiger partial charge < -0.3 is 14.9 Å². The Hall–Kier alpha value is -1.88. The quantitative estimate of drug-likeness (QED) is 0.832. The van der Waals surface area contributed by atoms with Crippen molar-refractivity contribution in [1.29, 1.82) is 0 Å². The number of nitrogens with zero attached hydrogens (tertiary/aromatic N) is 1. The summed E-state index contributed by atoms with van der Waals surface area (Å²) in [4.78, 5) is 0. The molecule has 23 heavy (non-hydrogen) atoms. The van der Waals surface area contributed by atoms with Crippen LogP contribution >= 0.6 is 0 Å². The van der Waals surface area contributed by atoms with Gasteiger partial charge in [0.1, 0.15) is 11.6 Å². The summed E-state index contributed by atoms with van der Waals surface area (Å²) in [6, 6.07) is 1.83. The molecule has 124 valence electrons. The molecule has 0 radical (unpaired) electrons. The lowest BCUT2D eigenvalue weighted by atomic mass is 9.77. The SMILES string of the molecule is Cc1cc(-c2c(C)noc2C)c(F)c2c1NC(C)(C)[C@@H](O)[C@@H]2C. The van der Waals surface area contributed by atoms with Gasteiger partial charge in [-0.1, -0.05) is 12.1 Å². The summed E-state index contributed by atoms with van der Waals surface area (Å²) >= 11 is 0. The minimum absolute atomic E-state index is 0.305. The van der Waals surface area contributed by atoms with E-state index in [0.29, 0.717) is 28.1 Å². The number of aryl methyl sites for hydroxylation is 3. The Labute approximate surface area is 135 Å². The standard InChI is InChI=1S/C18H23FN2O2/c1-8-7-12(14-10(3)21-23-11(14)4)15(19)13-9(2)17(22)18(5,6)20-16(8)13/h7,9,17,20,22H,1-6H3/t9-,17+/m1/s1. The third-order valence-electron chi connectivity index (χ3n) is 4.92. The molecule has 1 aliphatic rings. The third-order valence-corrected chi connectivity index (χ3v) is 4.92. The first-order valence-electron chi connectivity index (χ1n) is 7.87. The molecule has 5 heteroatoms. The summed E-state index contributed by atoms with van der Waals surface area (Å²) in [6.45, 7) is 11.3. The van der Waals surface area contributed by atoms with Crippen LogP contribution in [-0.4, -0.2) is 21.9 Å². The van der Waals surface area contributed by atoms with Crippen LogP contribution in [0.1, 0.15) is 49.3 Å². The van der Waals surface area contributed by atoms with Crippen LogP contribution in [0, 0.1) is 26.6 Å². The Bertz CT molecular complexity index is 760. The lowest BCUT2D eigenvalue weighted by Gasteiger charge is -2.43. The van der Waals surface area contributed by atoms with E-state index >= 15 is 4.39 Å². The molecule has 2 atom stereocenters. The minimum atomic E-state index is -0.677. The van der Waals surface area contributed by atoms with Crippen LogP contribution in [-0.2, 0) is 0 Å². The van der Waals surface area contributed by atoms with E-state index < -0.39 is 11.6 Å². The van der Waals surface area contributed by atoms with Crippen LogP contribution in [0.2, 0.25) is 0 Å². The molecule has 2 aromatic rings. The van der Waals surface area contributed by atoms with Crippen LogP contribution < -0.4 is 5.32 Å². The maximum Gasteiger partial charge on any atom is 0.141 e. The molecule has 0 saturated carbocycles. The van der Waals surface area contributed by atoms with E-state index in [0.717, 1.165) is 11.3 Å². The van der Waals surface area contributed by atoms with Crippen molar-refractivity contribution in [1.82, 2.24) is 5.16 Å². The first kappa shape index (κ1) is 16.0. The molecule has 1 aromatic heterocycles. The van der Waals surface area contributed by atoms with Gasteiger partial charge in [0.2, 0.25) is 0 Å². The maximum absolute atomic E-state index is 15.3. The van der Waals surface area contributed by atoms with Gasteiger partial charge in [0, 0.05) is 22.7 Å². The molecule has 4 nitrogen and oxygen atoms in total. The number of fused-ring (bicyclic) bond motifs is 1. The van der Waals surface area contributed by atoms with E-state index in [9.17, 15) is 5.11 Å². The van der Waals surface area contributed by atoms with Crippen molar-refractivity contribution in [3.05, 3.63) is 34.5 Å². The molecule has 0 spiro atoms. The monoisotopic (exact) mass is 318 g/mol. The van der Waals surface area contributed by atoms with Crippen LogP contribution in [0.3, 0.4) is 0 Å². The van der Waals surface area contributed by atoms with Gasteiger partial charge in [0.05, 0.1) is 22.9 Å². The molecule has 0 unspecified atom stereocenters. The van der Waals surface area contributed by atoms with Crippen molar-refractivity contribution >= 4 is 5.69 Å². The zero-order valence-electron chi connectivity index (χ0n) is 14.4. The van der Waals surface area contributed by atoms with Gasteiger partial charge in [-0.15, -0.1) is 0 Å². The summed E-state index contributed by atoms with van der Waals surface area (Å²) in [6.07, 6.45) is -0.677. The largest absolute Gasteiger partial charge is 0.390 e. The fraction of sp³-hybridized carbons (Fsp3) is 0.500. The lowest BCUT2D eigenvalue weighted by Crippen LogP contribution is -2.50. The number of rotatable bonds is 1. The molecule has 2 heterocycles. The number of anilines is 1. The second-order valence-electron chi connectivity index (χ2n) is 7.12. The Morgan fingerprint density at radius 2 is 1.96 bits per heavy atom. The van der Waals surface area contributed by atoms with E-state index in [-0.39, 0.29) is 11.7 Å². The normalized spacial score (nSPS) is 22.6. The average Bonchev–Trinajstić information content (AvgIpc) is 2.79. The van der Waals surface area contributed by atoms with Crippen molar-refractivity contribution in [2.45, 2.75) is 59.1 Å². The molecule has 0 amide bonds.